The van der Waals surface area contributed by atoms with E-state index in [1.54, 1.807) is 14.2 Å². The van der Waals surface area contributed by atoms with Gasteiger partial charge < -0.3 is 19.7 Å². The number of nitrogens with one attached hydrogen (secondary N) is 1. The van der Waals surface area contributed by atoms with E-state index in [-0.39, 0.29) is 0 Å². The molecular weight excluding hydrogens is 326 g/mol. The molecule has 0 saturated heterocycles. The van der Waals surface area contributed by atoms with Crippen LogP contribution in [0.1, 0.15) is 0 Å². The van der Waals surface area contributed by atoms with Crippen LogP contribution in [0, 0.1) is 0 Å². The fraction of sp³-hybridized carbons (Fsp3) is 0.190. The van der Waals surface area contributed by atoms with Gasteiger partial charge in [0, 0.05) is 37.2 Å². The van der Waals surface area contributed by atoms with Gasteiger partial charge in [-0.15, -0.1) is 0 Å². The van der Waals surface area contributed by atoms with Gasteiger partial charge in [0.1, 0.15) is 5.82 Å². The SMILES string of the molecule is COc1ccc(-c2ccc(Nc3cccc(N(C)C)c3)nc2)cc1OC. The Morgan fingerprint density at radius 2 is 1.62 bits per heavy atom. The fourth-order valence-corrected chi connectivity index (χ4v) is 2.66. The molecule has 134 valence electrons. The van der Waals surface area contributed by atoms with E-state index in [4.69, 9.17) is 9.47 Å². The Labute approximate surface area is 154 Å². The van der Waals surface area contributed by atoms with E-state index in [1.165, 1.54) is 0 Å². The van der Waals surface area contributed by atoms with Gasteiger partial charge in [-0.1, -0.05) is 12.1 Å². The molecule has 2 aromatic carbocycles. The summed E-state index contributed by atoms with van der Waals surface area (Å²) in [6, 6.07) is 18.0. The van der Waals surface area contributed by atoms with Crippen molar-refractivity contribution in [2.45, 2.75) is 0 Å². The largest absolute Gasteiger partial charge is 0.493 e. The van der Waals surface area contributed by atoms with Crippen molar-refractivity contribution >= 4 is 17.2 Å². The Morgan fingerprint density at radius 3 is 2.27 bits per heavy atom. The molecule has 0 unspecified atom stereocenters. The maximum atomic E-state index is 5.37. The van der Waals surface area contributed by atoms with Gasteiger partial charge in [0.25, 0.3) is 0 Å². The molecule has 0 bridgehead atoms. The molecular formula is C21H23N3O2. The molecule has 1 N–H and O–H groups in total. The number of hydrogen-bond donors (Lipinski definition) is 1. The standard InChI is InChI=1S/C21H23N3O2/c1-24(2)18-7-5-6-17(13-18)23-21-11-9-16(14-22-21)15-8-10-19(25-3)20(12-15)26-4/h5-14H,1-4H3,(H,22,23). The molecule has 3 rings (SSSR count). The summed E-state index contributed by atoms with van der Waals surface area (Å²) in [5.74, 6) is 2.21. The number of anilines is 3. The van der Waals surface area contributed by atoms with Crippen LogP contribution in [-0.2, 0) is 0 Å². The van der Waals surface area contributed by atoms with Crippen molar-refractivity contribution in [3.8, 4) is 22.6 Å². The Bertz CT molecular complexity index is 877. The molecule has 0 radical (unpaired) electrons. The molecule has 26 heavy (non-hydrogen) atoms. The first-order valence-electron chi connectivity index (χ1n) is 8.33. The van der Waals surface area contributed by atoms with E-state index in [0.29, 0.717) is 11.5 Å². The summed E-state index contributed by atoms with van der Waals surface area (Å²) in [7, 11) is 7.31. The lowest BCUT2D eigenvalue weighted by molar-refractivity contribution is 0.355. The lowest BCUT2D eigenvalue weighted by Crippen LogP contribution is -2.08. The quantitative estimate of drug-likeness (QED) is 0.706. The van der Waals surface area contributed by atoms with Gasteiger partial charge in [0.05, 0.1) is 14.2 Å². The highest BCUT2D eigenvalue weighted by molar-refractivity contribution is 5.69. The van der Waals surface area contributed by atoms with Crippen molar-refractivity contribution in [3.63, 3.8) is 0 Å². The highest BCUT2D eigenvalue weighted by Gasteiger charge is 2.07. The van der Waals surface area contributed by atoms with Crippen molar-refractivity contribution in [1.82, 2.24) is 4.98 Å². The number of aromatic nitrogens is 1. The van der Waals surface area contributed by atoms with Gasteiger partial charge in [0.15, 0.2) is 11.5 Å². The monoisotopic (exact) mass is 349 g/mol. The Morgan fingerprint density at radius 1 is 0.846 bits per heavy atom. The highest BCUT2D eigenvalue weighted by atomic mass is 16.5. The molecule has 0 atom stereocenters. The van der Waals surface area contributed by atoms with E-state index >= 15 is 0 Å². The molecule has 0 aliphatic heterocycles. The third-order valence-electron chi connectivity index (χ3n) is 4.12. The average molecular weight is 349 g/mol. The van der Waals surface area contributed by atoms with Crippen molar-refractivity contribution in [2.24, 2.45) is 0 Å². The Kier molecular flexibility index (Phi) is 5.27. The highest BCUT2D eigenvalue weighted by Crippen LogP contribution is 2.32. The number of hydrogen-bond acceptors (Lipinski definition) is 5. The molecule has 5 nitrogen and oxygen atoms in total. The zero-order valence-electron chi connectivity index (χ0n) is 15.5. The van der Waals surface area contributed by atoms with E-state index in [2.05, 4.69) is 27.3 Å². The maximum Gasteiger partial charge on any atom is 0.161 e. The van der Waals surface area contributed by atoms with Crippen LogP contribution in [0.3, 0.4) is 0 Å². The third kappa shape index (κ3) is 3.88. The summed E-state index contributed by atoms with van der Waals surface area (Å²) < 4.78 is 10.7. The summed E-state index contributed by atoms with van der Waals surface area (Å²) in [5, 5.41) is 3.34. The van der Waals surface area contributed by atoms with E-state index in [1.807, 2.05) is 62.8 Å². The Hall–Kier alpha value is -3.21. The summed E-state index contributed by atoms with van der Waals surface area (Å²) in [6.07, 6.45) is 1.85. The predicted octanol–water partition coefficient (Wildman–Crippen LogP) is 4.58. The molecule has 0 aliphatic carbocycles. The molecule has 0 saturated carbocycles. The number of ether oxygens (including phenoxy) is 2. The van der Waals surface area contributed by atoms with Crippen LogP contribution in [-0.4, -0.2) is 33.3 Å². The second kappa shape index (κ2) is 7.78. The second-order valence-corrected chi connectivity index (χ2v) is 6.07. The van der Waals surface area contributed by atoms with Crippen LogP contribution in [0.5, 0.6) is 11.5 Å². The minimum Gasteiger partial charge on any atom is -0.493 e. The first-order valence-corrected chi connectivity index (χ1v) is 8.33. The smallest absolute Gasteiger partial charge is 0.161 e. The molecule has 0 aliphatic rings. The van der Waals surface area contributed by atoms with Crippen molar-refractivity contribution in [2.75, 3.05) is 38.5 Å². The van der Waals surface area contributed by atoms with Crippen LogP contribution in [0.2, 0.25) is 0 Å². The van der Waals surface area contributed by atoms with Gasteiger partial charge >= 0.3 is 0 Å². The Balaban J connectivity index is 1.79. The first-order chi connectivity index (χ1) is 12.6. The normalized spacial score (nSPS) is 10.3. The minimum absolute atomic E-state index is 0.702. The van der Waals surface area contributed by atoms with Crippen LogP contribution in [0.4, 0.5) is 17.2 Å². The molecule has 0 amide bonds. The predicted molar refractivity (Wildman–Crippen MR) is 107 cm³/mol. The van der Waals surface area contributed by atoms with Crippen LogP contribution < -0.4 is 19.7 Å². The first kappa shape index (κ1) is 17.6. The zero-order valence-corrected chi connectivity index (χ0v) is 15.5. The van der Waals surface area contributed by atoms with Crippen molar-refractivity contribution in [3.05, 3.63) is 60.8 Å². The lowest BCUT2D eigenvalue weighted by Gasteiger charge is -2.14. The lowest BCUT2D eigenvalue weighted by atomic mass is 10.1. The van der Waals surface area contributed by atoms with Gasteiger partial charge in [-0.05, 0) is 48.0 Å². The van der Waals surface area contributed by atoms with Gasteiger partial charge in [0.2, 0.25) is 0 Å². The summed E-state index contributed by atoms with van der Waals surface area (Å²) >= 11 is 0. The summed E-state index contributed by atoms with van der Waals surface area (Å²) in [6.45, 7) is 0. The molecule has 1 heterocycles. The third-order valence-corrected chi connectivity index (χ3v) is 4.12. The van der Waals surface area contributed by atoms with E-state index in [0.717, 1.165) is 28.3 Å². The topological polar surface area (TPSA) is 46.6 Å². The molecule has 0 spiro atoms. The van der Waals surface area contributed by atoms with Crippen LogP contribution >= 0.6 is 0 Å². The van der Waals surface area contributed by atoms with Crippen LogP contribution in [0.25, 0.3) is 11.1 Å². The van der Waals surface area contributed by atoms with Gasteiger partial charge in [-0.25, -0.2) is 4.98 Å². The van der Waals surface area contributed by atoms with Gasteiger partial charge in [-0.3, -0.25) is 0 Å². The minimum atomic E-state index is 0.702. The molecule has 5 heteroatoms. The number of benzene rings is 2. The summed E-state index contributed by atoms with van der Waals surface area (Å²) in [4.78, 5) is 6.59. The van der Waals surface area contributed by atoms with Crippen molar-refractivity contribution < 1.29 is 9.47 Å². The number of pyridine rings is 1. The fourth-order valence-electron chi connectivity index (χ4n) is 2.66. The molecule has 1 aromatic heterocycles. The van der Waals surface area contributed by atoms with Crippen molar-refractivity contribution in [1.29, 1.82) is 0 Å². The second-order valence-electron chi connectivity index (χ2n) is 6.07. The molecule has 3 aromatic rings. The number of methoxy groups -OCH3 is 2. The van der Waals surface area contributed by atoms with Gasteiger partial charge in [-0.2, -0.15) is 0 Å². The maximum absolute atomic E-state index is 5.37. The number of nitrogens with zero attached hydrogens (tertiary/aromatic N) is 2. The molecule has 0 fully saturated rings. The van der Waals surface area contributed by atoms with E-state index in [9.17, 15) is 0 Å². The number of rotatable bonds is 6. The zero-order chi connectivity index (χ0) is 18.5. The van der Waals surface area contributed by atoms with E-state index < -0.39 is 0 Å². The summed E-state index contributed by atoms with van der Waals surface area (Å²) in [5.41, 5.74) is 4.18. The average Bonchev–Trinajstić information content (AvgIpc) is 2.68. The van der Waals surface area contributed by atoms with Crippen LogP contribution in [0.15, 0.2) is 60.8 Å².